The third-order valence-corrected chi connectivity index (χ3v) is 4.13. The van der Waals surface area contributed by atoms with Gasteiger partial charge in [0.05, 0.1) is 0 Å². The van der Waals surface area contributed by atoms with Gasteiger partial charge in [-0.15, -0.1) is 10.2 Å². The van der Waals surface area contributed by atoms with E-state index in [0.717, 1.165) is 10.6 Å². The first-order valence-corrected chi connectivity index (χ1v) is 7.92. The van der Waals surface area contributed by atoms with Gasteiger partial charge in [0.2, 0.25) is 0 Å². The zero-order valence-corrected chi connectivity index (χ0v) is 13.0. The molecule has 0 saturated carbocycles. The van der Waals surface area contributed by atoms with E-state index in [2.05, 4.69) is 15.5 Å². The van der Waals surface area contributed by atoms with E-state index in [9.17, 15) is 4.79 Å². The molecule has 0 saturated heterocycles. The normalized spacial score (nSPS) is 11.9. The average Bonchev–Trinajstić information content (AvgIpc) is 2.48. The van der Waals surface area contributed by atoms with Gasteiger partial charge in [-0.25, -0.2) is 0 Å². The number of carbonyl (C=O) groups excluding carboxylic acids is 1. The summed E-state index contributed by atoms with van der Waals surface area (Å²) in [7, 11) is 0. The summed E-state index contributed by atoms with van der Waals surface area (Å²) >= 11 is 7.73. The summed E-state index contributed by atoms with van der Waals surface area (Å²) in [5.74, 6) is 0.0102. The maximum atomic E-state index is 10.9. The van der Waals surface area contributed by atoms with Crippen molar-refractivity contribution in [3.8, 4) is 0 Å². The number of hydrogen-bond acceptors (Lipinski definition) is 5. The lowest BCUT2D eigenvalue weighted by molar-refractivity contribution is 0.0994. The van der Waals surface area contributed by atoms with Crippen LogP contribution in [0.15, 0.2) is 36.4 Å². The molecule has 2 rings (SSSR count). The predicted molar refractivity (Wildman–Crippen MR) is 86.7 cm³/mol. The van der Waals surface area contributed by atoms with Crippen molar-refractivity contribution in [3.63, 3.8) is 0 Å². The highest BCUT2D eigenvalue weighted by Gasteiger charge is 2.11. The molecule has 5 nitrogen and oxygen atoms in total. The molecule has 1 heterocycles. The second-order valence-electron chi connectivity index (χ2n) is 4.33. The standard InChI is InChI=1S/C14H15ClN4OS/c1-21-12(9-3-2-4-10(15)7-9)8-17-13-6-5-11(14(16)20)18-19-13/h2-7,12H,8H2,1H3,(H2,16,20)(H,17,19)/t12-/m1/s1. The topological polar surface area (TPSA) is 80.9 Å². The molecular weight excluding hydrogens is 308 g/mol. The van der Waals surface area contributed by atoms with E-state index >= 15 is 0 Å². The molecule has 2 aromatic rings. The summed E-state index contributed by atoms with van der Waals surface area (Å²) in [4.78, 5) is 10.9. The van der Waals surface area contributed by atoms with Crippen LogP contribution in [0.1, 0.15) is 21.3 Å². The quantitative estimate of drug-likeness (QED) is 0.854. The molecule has 0 aliphatic heterocycles. The van der Waals surface area contributed by atoms with Gasteiger partial charge in [0.15, 0.2) is 5.69 Å². The summed E-state index contributed by atoms with van der Waals surface area (Å²) in [6.07, 6.45) is 2.04. The van der Waals surface area contributed by atoms with Crippen molar-refractivity contribution in [1.82, 2.24) is 10.2 Å². The molecule has 0 spiro atoms. The Morgan fingerprint density at radius 2 is 2.19 bits per heavy atom. The molecule has 21 heavy (non-hydrogen) atoms. The summed E-state index contributed by atoms with van der Waals surface area (Å²) in [6, 6.07) is 11.0. The first-order chi connectivity index (χ1) is 10.1. The van der Waals surface area contributed by atoms with Gasteiger partial charge in [-0.05, 0) is 36.1 Å². The molecule has 0 aliphatic carbocycles. The Kier molecular flexibility index (Phi) is 5.41. The Morgan fingerprint density at radius 3 is 2.76 bits per heavy atom. The number of anilines is 1. The van der Waals surface area contributed by atoms with Crippen LogP contribution in [-0.2, 0) is 0 Å². The molecule has 110 valence electrons. The molecule has 1 aromatic heterocycles. The number of hydrogen-bond donors (Lipinski definition) is 2. The van der Waals surface area contributed by atoms with Crippen LogP contribution in [0.2, 0.25) is 5.02 Å². The molecular formula is C14H15ClN4OS. The highest BCUT2D eigenvalue weighted by molar-refractivity contribution is 7.98. The number of nitrogens with two attached hydrogens (primary N) is 1. The first kappa shape index (κ1) is 15.6. The molecule has 0 radical (unpaired) electrons. The van der Waals surface area contributed by atoms with E-state index in [1.807, 2.05) is 30.5 Å². The fourth-order valence-electron chi connectivity index (χ4n) is 1.80. The van der Waals surface area contributed by atoms with Crippen LogP contribution in [0, 0.1) is 0 Å². The summed E-state index contributed by atoms with van der Waals surface area (Å²) < 4.78 is 0. The van der Waals surface area contributed by atoms with Crippen LogP contribution in [0.3, 0.4) is 0 Å². The number of primary amides is 1. The van der Waals surface area contributed by atoms with Crippen molar-refractivity contribution in [2.24, 2.45) is 5.73 Å². The number of nitrogens with one attached hydrogen (secondary N) is 1. The second-order valence-corrected chi connectivity index (χ2v) is 5.81. The lowest BCUT2D eigenvalue weighted by atomic mass is 10.1. The van der Waals surface area contributed by atoms with E-state index in [-0.39, 0.29) is 10.9 Å². The van der Waals surface area contributed by atoms with Gasteiger partial charge >= 0.3 is 0 Å². The molecule has 1 amide bonds. The molecule has 1 atom stereocenters. The number of nitrogens with zero attached hydrogens (tertiary/aromatic N) is 2. The van der Waals surface area contributed by atoms with Gasteiger partial charge in [-0.3, -0.25) is 4.79 Å². The van der Waals surface area contributed by atoms with Gasteiger partial charge in [0.25, 0.3) is 5.91 Å². The highest BCUT2D eigenvalue weighted by Crippen LogP contribution is 2.28. The number of aromatic nitrogens is 2. The lowest BCUT2D eigenvalue weighted by Crippen LogP contribution is -2.15. The monoisotopic (exact) mass is 322 g/mol. The van der Waals surface area contributed by atoms with Crippen LogP contribution in [0.4, 0.5) is 5.82 Å². The Bertz CT molecular complexity index is 621. The van der Waals surface area contributed by atoms with E-state index in [1.165, 1.54) is 0 Å². The van der Waals surface area contributed by atoms with E-state index in [4.69, 9.17) is 17.3 Å². The lowest BCUT2D eigenvalue weighted by Gasteiger charge is -2.16. The summed E-state index contributed by atoms with van der Waals surface area (Å²) in [5.41, 5.74) is 6.41. The number of thioether (sulfide) groups is 1. The number of halogens is 1. The average molecular weight is 323 g/mol. The van der Waals surface area contributed by atoms with Gasteiger partial charge in [0, 0.05) is 16.8 Å². The Hall–Kier alpha value is -1.79. The Morgan fingerprint density at radius 1 is 1.38 bits per heavy atom. The number of carbonyl (C=O) groups is 1. The Balaban J connectivity index is 2.01. The van der Waals surface area contributed by atoms with Crippen molar-refractivity contribution < 1.29 is 4.79 Å². The van der Waals surface area contributed by atoms with Crippen LogP contribution in [0.5, 0.6) is 0 Å². The molecule has 7 heteroatoms. The van der Waals surface area contributed by atoms with Crippen LogP contribution < -0.4 is 11.1 Å². The number of amides is 1. The minimum atomic E-state index is -0.588. The zero-order chi connectivity index (χ0) is 15.2. The van der Waals surface area contributed by atoms with Crippen molar-refractivity contribution in [1.29, 1.82) is 0 Å². The van der Waals surface area contributed by atoms with Crippen LogP contribution >= 0.6 is 23.4 Å². The number of rotatable bonds is 6. The largest absolute Gasteiger partial charge is 0.367 e. The molecule has 0 fully saturated rings. The minimum absolute atomic E-state index is 0.150. The van der Waals surface area contributed by atoms with E-state index < -0.39 is 5.91 Å². The van der Waals surface area contributed by atoms with Crippen LogP contribution in [0.25, 0.3) is 0 Å². The van der Waals surface area contributed by atoms with Crippen molar-refractivity contribution in [3.05, 3.63) is 52.7 Å². The Labute approximate surface area is 132 Å². The third-order valence-electron chi connectivity index (χ3n) is 2.89. The smallest absolute Gasteiger partial charge is 0.269 e. The third kappa shape index (κ3) is 4.34. The van der Waals surface area contributed by atoms with Crippen molar-refractivity contribution >= 4 is 35.1 Å². The fraction of sp³-hybridized carbons (Fsp3) is 0.214. The minimum Gasteiger partial charge on any atom is -0.367 e. The number of benzene rings is 1. The zero-order valence-electron chi connectivity index (χ0n) is 11.4. The molecule has 0 unspecified atom stereocenters. The van der Waals surface area contributed by atoms with Crippen LogP contribution in [-0.4, -0.2) is 28.9 Å². The summed E-state index contributed by atoms with van der Waals surface area (Å²) in [6.45, 7) is 0.673. The molecule has 1 aromatic carbocycles. The molecule has 0 bridgehead atoms. The van der Waals surface area contributed by atoms with Gasteiger partial charge in [-0.1, -0.05) is 23.7 Å². The predicted octanol–water partition coefficient (Wildman–Crippen LogP) is 2.75. The van der Waals surface area contributed by atoms with E-state index in [0.29, 0.717) is 12.4 Å². The maximum Gasteiger partial charge on any atom is 0.269 e. The van der Waals surface area contributed by atoms with Crippen molar-refractivity contribution in [2.75, 3.05) is 18.1 Å². The van der Waals surface area contributed by atoms with Gasteiger partial charge < -0.3 is 11.1 Å². The highest BCUT2D eigenvalue weighted by atomic mass is 35.5. The van der Waals surface area contributed by atoms with E-state index in [1.54, 1.807) is 23.9 Å². The van der Waals surface area contributed by atoms with Gasteiger partial charge in [0.1, 0.15) is 5.82 Å². The molecule has 0 aliphatic rings. The van der Waals surface area contributed by atoms with Gasteiger partial charge in [-0.2, -0.15) is 11.8 Å². The second kappa shape index (κ2) is 7.28. The SMILES string of the molecule is CS[C@H](CNc1ccc(C(N)=O)nn1)c1cccc(Cl)c1. The summed E-state index contributed by atoms with van der Waals surface area (Å²) in [5, 5.41) is 11.8. The fourth-order valence-corrected chi connectivity index (χ4v) is 2.67. The molecule has 3 N–H and O–H groups in total. The maximum absolute atomic E-state index is 10.9. The van der Waals surface area contributed by atoms with Crippen molar-refractivity contribution in [2.45, 2.75) is 5.25 Å². The first-order valence-electron chi connectivity index (χ1n) is 6.26.